The summed E-state index contributed by atoms with van der Waals surface area (Å²) in [6, 6.07) is 14.4. The molecule has 1 fully saturated rings. The maximum absolute atomic E-state index is 12.6. The maximum atomic E-state index is 12.6. The lowest BCUT2D eigenvalue weighted by atomic mass is 9.81. The second-order valence-corrected chi connectivity index (χ2v) is 10.1. The molecule has 0 unspecified atom stereocenters. The van der Waals surface area contributed by atoms with E-state index in [4.69, 9.17) is 4.52 Å². The van der Waals surface area contributed by atoms with Crippen molar-refractivity contribution in [2.75, 3.05) is 13.1 Å². The summed E-state index contributed by atoms with van der Waals surface area (Å²) >= 11 is 0. The van der Waals surface area contributed by atoms with Gasteiger partial charge in [0.25, 0.3) is 0 Å². The fourth-order valence-corrected chi connectivity index (χ4v) is 4.45. The van der Waals surface area contributed by atoms with E-state index in [9.17, 15) is 4.79 Å². The molecule has 0 spiro atoms. The highest BCUT2D eigenvalue weighted by atomic mass is 16.5. The summed E-state index contributed by atoms with van der Waals surface area (Å²) < 4.78 is 5.67. The lowest BCUT2D eigenvalue weighted by Gasteiger charge is -2.31. The third kappa shape index (κ3) is 6.29. The monoisotopic (exact) mass is 446 g/mol. The molecule has 1 aliphatic rings. The van der Waals surface area contributed by atoms with Crippen molar-refractivity contribution in [2.24, 2.45) is 11.8 Å². The zero-order valence-corrected chi connectivity index (χ0v) is 19.8. The third-order valence-corrected chi connectivity index (χ3v) is 6.49. The number of hydrogen-bond acceptors (Lipinski definition) is 5. The van der Waals surface area contributed by atoms with Crippen molar-refractivity contribution in [2.45, 2.75) is 52.0 Å². The fraction of sp³-hybridized carbons (Fsp3) is 0.444. The number of hydrogen-bond donors (Lipinski definition) is 2. The summed E-state index contributed by atoms with van der Waals surface area (Å²) in [6.45, 7) is 8.99. The minimum Gasteiger partial charge on any atom is -0.356 e. The van der Waals surface area contributed by atoms with E-state index >= 15 is 0 Å². The number of nitrogens with one attached hydrogen (secondary N) is 2. The third-order valence-electron chi connectivity index (χ3n) is 6.49. The number of benzene rings is 1. The van der Waals surface area contributed by atoms with Crippen molar-refractivity contribution in [1.29, 1.82) is 0 Å². The van der Waals surface area contributed by atoms with E-state index in [1.165, 1.54) is 5.56 Å². The van der Waals surface area contributed by atoms with Crippen LogP contribution in [-0.2, 0) is 23.2 Å². The number of piperidine rings is 1. The molecule has 0 saturated carbocycles. The Morgan fingerprint density at radius 3 is 2.73 bits per heavy atom. The van der Waals surface area contributed by atoms with Crippen LogP contribution in [0.4, 0.5) is 0 Å². The lowest BCUT2D eigenvalue weighted by Crippen LogP contribution is -2.40. The number of carbonyl (C=O) groups is 1. The normalized spacial score (nSPS) is 18.8. The van der Waals surface area contributed by atoms with Crippen molar-refractivity contribution in [3.63, 3.8) is 0 Å². The van der Waals surface area contributed by atoms with Crippen LogP contribution >= 0.6 is 0 Å². The molecule has 3 aromatic rings. The Kier molecular flexibility index (Phi) is 7.23. The summed E-state index contributed by atoms with van der Waals surface area (Å²) in [5.74, 6) is 1.56. The number of aromatic nitrogens is 2. The molecule has 1 saturated heterocycles. The molecule has 174 valence electrons. The molecule has 33 heavy (non-hydrogen) atoms. The van der Waals surface area contributed by atoms with E-state index in [-0.39, 0.29) is 11.3 Å². The van der Waals surface area contributed by atoms with Gasteiger partial charge in [0.15, 0.2) is 5.76 Å². The highest BCUT2D eigenvalue weighted by Crippen LogP contribution is 2.29. The smallest absolute Gasteiger partial charge is 0.220 e. The molecule has 6 heteroatoms. The Morgan fingerprint density at radius 2 is 2.00 bits per heavy atom. The second kappa shape index (κ2) is 10.3. The van der Waals surface area contributed by atoms with Crippen LogP contribution in [0.1, 0.15) is 50.4 Å². The average Bonchev–Trinajstić information content (AvgIpc) is 3.28. The summed E-state index contributed by atoms with van der Waals surface area (Å²) in [6.07, 6.45) is 5.85. The Morgan fingerprint density at radius 1 is 1.18 bits per heavy atom. The van der Waals surface area contributed by atoms with Gasteiger partial charge in [0, 0.05) is 37.0 Å². The van der Waals surface area contributed by atoms with Crippen LogP contribution in [0.25, 0.3) is 11.3 Å². The first kappa shape index (κ1) is 23.2. The zero-order chi connectivity index (χ0) is 23.3. The predicted octanol–water partition coefficient (Wildman–Crippen LogP) is 4.51. The number of rotatable bonds is 7. The van der Waals surface area contributed by atoms with Crippen LogP contribution in [0.2, 0.25) is 0 Å². The first-order valence-corrected chi connectivity index (χ1v) is 11.8. The molecular formula is C27H34N4O2. The SMILES string of the molecule is CC(C)(C)c1ccc(-c2cc(C[C@@H]3CNCC[C@H]3CC(=O)NCc3cccnc3)no2)cc1. The Balaban J connectivity index is 1.35. The van der Waals surface area contributed by atoms with Crippen LogP contribution < -0.4 is 10.6 Å². The number of carbonyl (C=O) groups excluding carboxylic acids is 1. The molecule has 2 N–H and O–H groups in total. The van der Waals surface area contributed by atoms with Gasteiger partial charge in [-0.2, -0.15) is 0 Å². The Bertz CT molecular complexity index is 1040. The van der Waals surface area contributed by atoms with Crippen LogP contribution in [0, 0.1) is 11.8 Å². The quantitative estimate of drug-likeness (QED) is 0.558. The van der Waals surface area contributed by atoms with Gasteiger partial charge in [-0.05, 0) is 60.4 Å². The van der Waals surface area contributed by atoms with Crippen molar-refractivity contribution in [3.05, 3.63) is 71.7 Å². The molecule has 2 atom stereocenters. The summed E-state index contributed by atoms with van der Waals surface area (Å²) in [4.78, 5) is 16.7. The van der Waals surface area contributed by atoms with Crippen molar-refractivity contribution in [1.82, 2.24) is 20.8 Å². The van der Waals surface area contributed by atoms with Gasteiger partial charge >= 0.3 is 0 Å². The van der Waals surface area contributed by atoms with Gasteiger partial charge in [0.05, 0.1) is 5.69 Å². The van der Waals surface area contributed by atoms with Crippen molar-refractivity contribution in [3.8, 4) is 11.3 Å². The van der Waals surface area contributed by atoms with Gasteiger partial charge in [0.1, 0.15) is 0 Å². The maximum Gasteiger partial charge on any atom is 0.220 e. The minimum atomic E-state index is 0.0931. The molecule has 1 aromatic carbocycles. The summed E-state index contributed by atoms with van der Waals surface area (Å²) in [7, 11) is 0. The molecule has 0 radical (unpaired) electrons. The van der Waals surface area contributed by atoms with E-state index in [1.807, 2.05) is 18.2 Å². The van der Waals surface area contributed by atoms with Crippen molar-refractivity contribution < 1.29 is 9.32 Å². The van der Waals surface area contributed by atoms with Crippen LogP contribution in [0.3, 0.4) is 0 Å². The molecular weight excluding hydrogens is 412 g/mol. The van der Waals surface area contributed by atoms with Gasteiger partial charge in [-0.1, -0.05) is 56.3 Å². The lowest BCUT2D eigenvalue weighted by molar-refractivity contribution is -0.122. The largest absolute Gasteiger partial charge is 0.356 e. The number of nitrogens with zero attached hydrogens (tertiary/aromatic N) is 2. The van der Waals surface area contributed by atoms with E-state index < -0.39 is 0 Å². The predicted molar refractivity (Wildman–Crippen MR) is 130 cm³/mol. The van der Waals surface area contributed by atoms with Gasteiger partial charge < -0.3 is 15.2 Å². The van der Waals surface area contributed by atoms with E-state index in [1.54, 1.807) is 12.4 Å². The molecule has 6 nitrogen and oxygen atoms in total. The molecule has 4 rings (SSSR count). The fourth-order valence-electron chi connectivity index (χ4n) is 4.45. The molecule has 3 heterocycles. The van der Waals surface area contributed by atoms with E-state index in [0.717, 1.165) is 48.5 Å². The van der Waals surface area contributed by atoms with Crippen molar-refractivity contribution >= 4 is 5.91 Å². The molecule has 0 aliphatic carbocycles. The Hall–Kier alpha value is -2.99. The average molecular weight is 447 g/mol. The van der Waals surface area contributed by atoms with Gasteiger partial charge in [0.2, 0.25) is 5.91 Å². The van der Waals surface area contributed by atoms with Crippen LogP contribution in [0.5, 0.6) is 0 Å². The van der Waals surface area contributed by atoms with E-state index in [2.05, 4.69) is 65.8 Å². The summed E-state index contributed by atoms with van der Waals surface area (Å²) in [5, 5.41) is 10.9. The minimum absolute atomic E-state index is 0.0931. The van der Waals surface area contributed by atoms with Crippen LogP contribution in [-0.4, -0.2) is 29.1 Å². The highest BCUT2D eigenvalue weighted by Gasteiger charge is 2.28. The zero-order valence-electron chi connectivity index (χ0n) is 19.8. The van der Waals surface area contributed by atoms with Gasteiger partial charge in [-0.25, -0.2) is 0 Å². The van der Waals surface area contributed by atoms with Gasteiger partial charge in [-0.3, -0.25) is 9.78 Å². The first-order chi connectivity index (χ1) is 15.9. The summed E-state index contributed by atoms with van der Waals surface area (Å²) in [5.41, 5.74) is 4.41. The molecule has 1 amide bonds. The van der Waals surface area contributed by atoms with E-state index in [0.29, 0.717) is 24.8 Å². The molecule has 1 aliphatic heterocycles. The second-order valence-electron chi connectivity index (χ2n) is 10.1. The molecule has 2 aromatic heterocycles. The Labute approximate surface area is 196 Å². The number of amides is 1. The van der Waals surface area contributed by atoms with Crippen LogP contribution in [0.15, 0.2) is 59.4 Å². The standard InChI is InChI=1S/C27H34N4O2/c1-27(2,3)23-8-6-20(7-9-23)25-15-24(31-33-25)13-22-18-29-12-10-21(22)14-26(32)30-17-19-5-4-11-28-16-19/h4-9,11,15-16,21-22,29H,10,12-14,17-18H2,1-3H3,(H,30,32)/t21-,22+/m0/s1. The van der Waals surface area contributed by atoms with Gasteiger partial charge in [-0.15, -0.1) is 0 Å². The number of pyridine rings is 1. The molecule has 0 bridgehead atoms. The first-order valence-electron chi connectivity index (χ1n) is 11.8. The highest BCUT2D eigenvalue weighted by molar-refractivity contribution is 5.76. The topological polar surface area (TPSA) is 80.0 Å².